The molecule has 1 amide bonds. The van der Waals surface area contributed by atoms with E-state index in [0.29, 0.717) is 5.56 Å². The summed E-state index contributed by atoms with van der Waals surface area (Å²) in [4.78, 5) is 14.3. The average Bonchev–Trinajstić information content (AvgIpc) is 2.62. The molecule has 0 aromatic heterocycles. The van der Waals surface area contributed by atoms with Crippen molar-refractivity contribution in [2.45, 2.75) is 24.3 Å². The molecule has 1 atom stereocenters. The van der Waals surface area contributed by atoms with Gasteiger partial charge in [0.2, 0.25) is 15.9 Å². The van der Waals surface area contributed by atoms with E-state index in [1.807, 2.05) is 25.1 Å². The Morgan fingerprint density at radius 2 is 1.69 bits per heavy atom. The average molecular weight is 375 g/mol. The number of nitrogens with zero attached hydrogens (tertiary/aromatic N) is 1. The smallest absolute Gasteiger partial charge is 0.246 e. The van der Waals surface area contributed by atoms with Gasteiger partial charge in [-0.05, 0) is 31.5 Å². The molecule has 2 aromatic carbocycles. The summed E-state index contributed by atoms with van der Waals surface area (Å²) in [5.41, 5.74) is 6.73. The molecule has 0 saturated carbocycles. The van der Waals surface area contributed by atoms with Crippen LogP contribution in [0, 0.1) is 6.92 Å². The van der Waals surface area contributed by atoms with Crippen LogP contribution in [0.3, 0.4) is 0 Å². The van der Waals surface area contributed by atoms with Crippen LogP contribution in [0.4, 0.5) is 0 Å². The lowest BCUT2D eigenvalue weighted by molar-refractivity contribution is -0.135. The molecule has 0 saturated heterocycles. The fourth-order valence-corrected chi connectivity index (χ4v) is 3.58. The van der Waals surface area contributed by atoms with Crippen molar-refractivity contribution in [3.8, 4) is 0 Å². The minimum atomic E-state index is -3.61. The van der Waals surface area contributed by atoms with Crippen molar-refractivity contribution in [1.29, 1.82) is 0 Å². The molecule has 2 rings (SSSR count). The third-order valence-corrected chi connectivity index (χ3v) is 5.71. The Balaban J connectivity index is 1.96. The molecular weight excluding hydrogens is 350 g/mol. The highest BCUT2D eigenvalue weighted by Crippen LogP contribution is 2.19. The predicted octanol–water partition coefficient (Wildman–Crippen LogP) is 1.61. The van der Waals surface area contributed by atoms with Gasteiger partial charge in [-0.1, -0.05) is 48.0 Å². The lowest BCUT2D eigenvalue weighted by Gasteiger charge is -2.29. The number of nitrogens with one attached hydrogen (secondary N) is 1. The Morgan fingerprint density at radius 1 is 1.12 bits per heavy atom. The monoisotopic (exact) mass is 375 g/mol. The minimum absolute atomic E-state index is 0.101. The summed E-state index contributed by atoms with van der Waals surface area (Å²) in [6, 6.07) is 15.7. The summed E-state index contributed by atoms with van der Waals surface area (Å²) in [5, 5.41) is 0. The Hall–Kier alpha value is -2.22. The lowest BCUT2D eigenvalue weighted by Crippen LogP contribution is -2.51. The molecule has 140 valence electrons. The van der Waals surface area contributed by atoms with Crippen LogP contribution < -0.4 is 10.5 Å². The van der Waals surface area contributed by atoms with Crippen molar-refractivity contribution in [3.05, 3.63) is 65.7 Å². The van der Waals surface area contributed by atoms with Gasteiger partial charge in [0, 0.05) is 20.1 Å². The SMILES string of the molecule is Cc1ccc(S(=O)(=O)NCCN(C)C(=O)C(C)(N)c2ccccc2)cc1. The van der Waals surface area contributed by atoms with Crippen LogP contribution in [0.25, 0.3) is 0 Å². The highest BCUT2D eigenvalue weighted by atomic mass is 32.2. The molecule has 0 bridgehead atoms. The highest BCUT2D eigenvalue weighted by Gasteiger charge is 2.32. The molecule has 0 radical (unpaired) electrons. The highest BCUT2D eigenvalue weighted by molar-refractivity contribution is 7.89. The van der Waals surface area contributed by atoms with E-state index in [1.54, 1.807) is 50.4 Å². The molecule has 6 nitrogen and oxygen atoms in total. The van der Waals surface area contributed by atoms with E-state index in [-0.39, 0.29) is 23.9 Å². The zero-order chi connectivity index (χ0) is 19.4. The summed E-state index contributed by atoms with van der Waals surface area (Å²) in [6.07, 6.45) is 0. The van der Waals surface area contributed by atoms with Crippen LogP contribution in [0.1, 0.15) is 18.1 Å². The van der Waals surface area contributed by atoms with Gasteiger partial charge in [-0.3, -0.25) is 4.79 Å². The van der Waals surface area contributed by atoms with Crippen LogP contribution in [0.15, 0.2) is 59.5 Å². The first-order valence-corrected chi connectivity index (χ1v) is 9.79. The zero-order valence-corrected chi connectivity index (χ0v) is 16.1. The molecule has 0 aliphatic rings. The number of carbonyl (C=O) groups is 1. The van der Waals surface area contributed by atoms with Crippen molar-refractivity contribution in [2.75, 3.05) is 20.1 Å². The minimum Gasteiger partial charge on any atom is -0.343 e. The van der Waals surface area contributed by atoms with Crippen molar-refractivity contribution < 1.29 is 13.2 Å². The second-order valence-electron chi connectivity index (χ2n) is 6.51. The first-order valence-electron chi connectivity index (χ1n) is 8.31. The van der Waals surface area contributed by atoms with Crippen molar-refractivity contribution in [3.63, 3.8) is 0 Å². The molecule has 0 spiro atoms. The summed E-state index contributed by atoms with van der Waals surface area (Å²) >= 11 is 0. The number of sulfonamides is 1. The van der Waals surface area contributed by atoms with E-state index < -0.39 is 15.6 Å². The van der Waals surface area contributed by atoms with Crippen molar-refractivity contribution >= 4 is 15.9 Å². The molecule has 0 fully saturated rings. The van der Waals surface area contributed by atoms with Gasteiger partial charge in [-0.25, -0.2) is 13.1 Å². The Kier molecular flexibility index (Phi) is 6.17. The van der Waals surface area contributed by atoms with Gasteiger partial charge in [-0.2, -0.15) is 0 Å². The van der Waals surface area contributed by atoms with E-state index >= 15 is 0 Å². The van der Waals surface area contributed by atoms with Crippen LogP contribution in [-0.4, -0.2) is 39.4 Å². The van der Waals surface area contributed by atoms with Gasteiger partial charge in [0.25, 0.3) is 0 Å². The van der Waals surface area contributed by atoms with Gasteiger partial charge < -0.3 is 10.6 Å². The van der Waals surface area contributed by atoms with E-state index in [1.165, 1.54) is 4.90 Å². The number of hydrogen-bond donors (Lipinski definition) is 2. The molecule has 1 unspecified atom stereocenters. The fourth-order valence-electron chi connectivity index (χ4n) is 2.55. The molecule has 0 aliphatic heterocycles. The number of benzene rings is 2. The number of carbonyl (C=O) groups excluding carboxylic acids is 1. The number of hydrogen-bond acceptors (Lipinski definition) is 4. The van der Waals surface area contributed by atoms with E-state index in [0.717, 1.165) is 5.56 Å². The molecule has 7 heteroatoms. The number of likely N-dealkylation sites (N-methyl/N-ethyl adjacent to an activating group) is 1. The fraction of sp³-hybridized carbons (Fsp3) is 0.316. The molecule has 0 heterocycles. The van der Waals surface area contributed by atoms with E-state index in [9.17, 15) is 13.2 Å². The van der Waals surface area contributed by atoms with Gasteiger partial charge in [0.15, 0.2) is 0 Å². The first-order chi connectivity index (χ1) is 12.1. The number of amides is 1. The van der Waals surface area contributed by atoms with E-state index in [2.05, 4.69) is 4.72 Å². The third kappa shape index (κ3) is 4.69. The van der Waals surface area contributed by atoms with Crippen molar-refractivity contribution in [1.82, 2.24) is 9.62 Å². The Bertz CT molecular complexity index is 847. The maximum atomic E-state index is 12.7. The first kappa shape index (κ1) is 20.1. The van der Waals surface area contributed by atoms with Gasteiger partial charge in [0.05, 0.1) is 4.90 Å². The number of rotatable bonds is 7. The molecular formula is C19H25N3O3S. The van der Waals surface area contributed by atoms with Gasteiger partial charge >= 0.3 is 0 Å². The normalized spacial score (nSPS) is 13.8. The molecule has 2 aromatic rings. The van der Waals surface area contributed by atoms with Crippen LogP contribution in [0.2, 0.25) is 0 Å². The molecule has 0 aliphatic carbocycles. The summed E-state index contributed by atoms with van der Waals surface area (Å²) in [6.45, 7) is 3.85. The van der Waals surface area contributed by atoms with Gasteiger partial charge in [-0.15, -0.1) is 0 Å². The molecule has 26 heavy (non-hydrogen) atoms. The second kappa shape index (κ2) is 7.99. The van der Waals surface area contributed by atoms with Crippen LogP contribution >= 0.6 is 0 Å². The van der Waals surface area contributed by atoms with Crippen LogP contribution in [0.5, 0.6) is 0 Å². The van der Waals surface area contributed by atoms with Gasteiger partial charge in [0.1, 0.15) is 5.54 Å². The van der Waals surface area contributed by atoms with E-state index in [4.69, 9.17) is 5.73 Å². The standard InChI is InChI=1S/C19H25N3O3S/c1-15-9-11-17(12-10-15)26(24,25)21-13-14-22(3)18(23)19(2,20)16-7-5-4-6-8-16/h4-12,21H,13-14,20H2,1-3H3. The second-order valence-corrected chi connectivity index (χ2v) is 8.27. The number of aryl methyl sites for hydroxylation is 1. The quantitative estimate of drug-likeness (QED) is 0.769. The van der Waals surface area contributed by atoms with Crippen molar-refractivity contribution in [2.24, 2.45) is 5.73 Å². The summed E-state index contributed by atoms with van der Waals surface area (Å²) in [5.74, 6) is -0.279. The maximum absolute atomic E-state index is 12.7. The zero-order valence-electron chi connectivity index (χ0n) is 15.3. The largest absolute Gasteiger partial charge is 0.343 e. The predicted molar refractivity (Wildman–Crippen MR) is 102 cm³/mol. The van der Waals surface area contributed by atoms with Crippen LogP contribution in [-0.2, 0) is 20.4 Å². The summed E-state index contributed by atoms with van der Waals surface area (Å²) in [7, 11) is -2.00. The lowest BCUT2D eigenvalue weighted by atomic mass is 9.92. The maximum Gasteiger partial charge on any atom is 0.246 e. The third-order valence-electron chi connectivity index (χ3n) is 4.24. The Morgan fingerprint density at radius 3 is 2.27 bits per heavy atom. The summed E-state index contributed by atoms with van der Waals surface area (Å²) < 4.78 is 27.1. The number of nitrogens with two attached hydrogens (primary N) is 1. The Labute approximate surface area is 155 Å². The topological polar surface area (TPSA) is 92.5 Å². The molecule has 3 N–H and O–H groups in total.